The van der Waals surface area contributed by atoms with Crippen LogP contribution in [0.2, 0.25) is 19.6 Å². The maximum absolute atomic E-state index is 6.08. The molecule has 0 rings (SSSR count). The maximum atomic E-state index is 6.08. The van der Waals surface area contributed by atoms with Crippen LogP contribution in [-0.4, -0.2) is 32.1 Å². The van der Waals surface area contributed by atoms with Gasteiger partial charge in [-0.3, -0.25) is 0 Å². The average molecular weight is 206 g/mol. The van der Waals surface area contributed by atoms with Crippen molar-refractivity contribution < 1.29 is 4.43 Å². The number of hydrogen-bond acceptors (Lipinski definition) is 1. The van der Waals surface area contributed by atoms with Crippen molar-refractivity contribution in [3.8, 4) is 0 Å². The Bertz CT molecular complexity index is 163. The fourth-order valence-electron chi connectivity index (χ4n) is 1.46. The van der Waals surface area contributed by atoms with E-state index in [2.05, 4.69) is 55.1 Å². The van der Waals surface area contributed by atoms with E-state index in [-0.39, 0.29) is 0 Å². The summed E-state index contributed by atoms with van der Waals surface area (Å²) in [6.45, 7) is 9.00. The Labute approximate surface area is 99.6 Å². The number of hydrogen-bond donors (Lipinski definition) is 0. The van der Waals surface area contributed by atoms with Crippen LogP contribution in [0.1, 0.15) is 32.6 Å². The van der Waals surface area contributed by atoms with Crippen LogP contribution in [0.4, 0.5) is 0 Å². The molecule has 3 heteroatoms. The van der Waals surface area contributed by atoms with E-state index in [0.717, 1.165) is 0 Å². The standard InChI is InChI=1S/C11H23OSi.Li/c1-6-8-9-10-11(7-2)12-13(3,4)5;/h2,7,11H,6,8-10H2,1,3-5H3;. The van der Waals surface area contributed by atoms with Crippen LogP contribution in [0.25, 0.3) is 0 Å². The molecule has 0 aliphatic rings. The van der Waals surface area contributed by atoms with Gasteiger partial charge < -0.3 is 0 Å². The molecule has 0 radical (unpaired) electrons. The van der Waals surface area contributed by atoms with E-state index < -0.39 is 8.32 Å². The molecule has 0 aliphatic heterocycles. The Hall–Kier alpha value is 0.514. The Kier molecular flexibility index (Phi) is 8.05. The van der Waals surface area contributed by atoms with Gasteiger partial charge in [-0.05, 0) is 0 Å². The van der Waals surface area contributed by atoms with Crippen molar-refractivity contribution >= 4 is 26.0 Å². The third kappa shape index (κ3) is 9.08. The molecular formula is C11H23LiOSi. The van der Waals surface area contributed by atoms with Gasteiger partial charge in [0.2, 0.25) is 0 Å². The second kappa shape index (κ2) is 7.76. The van der Waals surface area contributed by atoms with Crippen molar-refractivity contribution in [1.29, 1.82) is 0 Å². The molecular weight excluding hydrogens is 183 g/mol. The quantitative estimate of drug-likeness (QED) is 0.458. The number of unbranched alkanes of at least 4 members (excludes halogenated alkanes) is 2. The van der Waals surface area contributed by atoms with Gasteiger partial charge in [0, 0.05) is 0 Å². The molecule has 0 saturated carbocycles. The van der Waals surface area contributed by atoms with Crippen molar-refractivity contribution in [2.45, 2.75) is 58.4 Å². The van der Waals surface area contributed by atoms with E-state index in [9.17, 15) is 0 Å². The fourth-order valence-corrected chi connectivity index (χ4v) is 2.56. The molecule has 0 fully saturated rings. The monoisotopic (exact) mass is 206 g/mol. The van der Waals surface area contributed by atoms with Gasteiger partial charge >= 0.3 is 99.6 Å². The predicted molar refractivity (Wildman–Crippen MR) is 67.3 cm³/mol. The third-order valence-corrected chi connectivity index (χ3v) is 3.01. The van der Waals surface area contributed by atoms with Gasteiger partial charge in [-0.15, -0.1) is 0 Å². The van der Waals surface area contributed by atoms with E-state index in [1.54, 1.807) is 0 Å². The summed E-state index contributed by atoms with van der Waals surface area (Å²) >= 11 is 2.07. The normalized spacial score (nSPS) is 15.0. The van der Waals surface area contributed by atoms with Gasteiger partial charge in [0.1, 0.15) is 0 Å². The fraction of sp³-hybridized carbons (Fsp3) is 0.818. The Morgan fingerprint density at radius 1 is 1.29 bits per heavy atom. The summed E-state index contributed by atoms with van der Waals surface area (Å²) in [7, 11) is -1.37. The summed E-state index contributed by atoms with van der Waals surface area (Å²) in [5.41, 5.74) is 0. The summed E-state index contributed by atoms with van der Waals surface area (Å²) in [5.74, 6) is 0. The van der Waals surface area contributed by atoms with Crippen LogP contribution < -0.4 is 0 Å². The van der Waals surface area contributed by atoms with Gasteiger partial charge in [0.05, 0.1) is 0 Å². The molecule has 1 nitrogen and oxygen atoms in total. The molecule has 0 saturated heterocycles. The molecule has 0 N–H and O–H groups in total. The summed E-state index contributed by atoms with van der Waals surface area (Å²) in [6, 6.07) is 0. The number of rotatable bonds is 7. The molecule has 0 aromatic heterocycles. The molecule has 1 atom stereocenters. The summed E-state index contributed by atoms with van der Waals surface area (Å²) in [5, 5.41) is 0. The van der Waals surface area contributed by atoms with E-state index in [0.29, 0.717) is 6.10 Å². The van der Waals surface area contributed by atoms with Crippen molar-refractivity contribution in [2.24, 2.45) is 0 Å². The summed E-state index contributed by atoms with van der Waals surface area (Å²) in [4.78, 5) is 0. The van der Waals surface area contributed by atoms with Crippen LogP contribution >= 0.6 is 0 Å². The molecule has 0 aromatic rings. The van der Waals surface area contributed by atoms with Gasteiger partial charge in [0.25, 0.3) is 0 Å². The molecule has 14 heavy (non-hydrogen) atoms. The van der Waals surface area contributed by atoms with E-state index in [1.165, 1.54) is 25.7 Å². The van der Waals surface area contributed by atoms with Crippen LogP contribution in [0.3, 0.4) is 0 Å². The van der Waals surface area contributed by atoms with E-state index in [1.807, 2.05) is 0 Å². The molecule has 1 unspecified atom stereocenters. The zero-order valence-electron chi connectivity index (χ0n) is 10.5. The molecule has 0 aromatic carbocycles. The van der Waals surface area contributed by atoms with E-state index >= 15 is 0 Å². The molecule has 0 amide bonds. The first-order valence-electron chi connectivity index (χ1n) is 5.80. The molecule has 0 bridgehead atoms. The Morgan fingerprint density at radius 2 is 1.93 bits per heavy atom. The minimum atomic E-state index is -1.37. The predicted octanol–water partition coefficient (Wildman–Crippen LogP) is 3.47. The van der Waals surface area contributed by atoms with Gasteiger partial charge in [-0.1, -0.05) is 0 Å². The van der Waals surface area contributed by atoms with Crippen LogP contribution in [0, 0.1) is 0 Å². The first-order valence-corrected chi connectivity index (χ1v) is 9.21. The van der Waals surface area contributed by atoms with Crippen LogP contribution in [0.5, 0.6) is 0 Å². The van der Waals surface area contributed by atoms with E-state index in [4.69, 9.17) is 4.43 Å². The SMILES string of the molecule is [Li]/[CH]=C/C(CCCCC)O[Si](C)(C)C. The van der Waals surface area contributed by atoms with Gasteiger partial charge in [-0.25, -0.2) is 0 Å². The topological polar surface area (TPSA) is 9.23 Å². The molecule has 78 valence electrons. The second-order valence-electron chi connectivity index (χ2n) is 4.79. The van der Waals surface area contributed by atoms with Crippen molar-refractivity contribution in [3.05, 3.63) is 10.8 Å². The van der Waals surface area contributed by atoms with Gasteiger partial charge in [-0.2, -0.15) is 0 Å². The Morgan fingerprint density at radius 3 is 2.36 bits per heavy atom. The molecule has 0 aliphatic carbocycles. The van der Waals surface area contributed by atoms with Crippen LogP contribution in [0.15, 0.2) is 10.8 Å². The van der Waals surface area contributed by atoms with Crippen LogP contribution in [-0.2, 0) is 4.43 Å². The Balaban J connectivity index is 3.90. The van der Waals surface area contributed by atoms with Gasteiger partial charge in [0.15, 0.2) is 0 Å². The second-order valence-corrected chi connectivity index (χ2v) is 9.25. The van der Waals surface area contributed by atoms with Crippen molar-refractivity contribution in [3.63, 3.8) is 0 Å². The first-order chi connectivity index (χ1) is 6.49. The van der Waals surface area contributed by atoms with Crippen molar-refractivity contribution in [1.82, 2.24) is 0 Å². The first kappa shape index (κ1) is 14.5. The average Bonchev–Trinajstić information content (AvgIpc) is 2.02. The zero-order chi connectivity index (χ0) is 11.0. The molecule has 0 spiro atoms. The van der Waals surface area contributed by atoms with Crippen molar-refractivity contribution in [2.75, 3.05) is 0 Å². The summed E-state index contributed by atoms with van der Waals surface area (Å²) < 4.78 is 8.18. The summed E-state index contributed by atoms with van der Waals surface area (Å²) in [6.07, 6.45) is 7.64. The minimum absolute atomic E-state index is 0.359. The third-order valence-electron chi connectivity index (χ3n) is 2.00. The zero-order valence-corrected chi connectivity index (χ0v) is 11.5. The molecule has 0 heterocycles.